The molecule has 0 aromatic heterocycles. The van der Waals surface area contributed by atoms with E-state index in [1.54, 1.807) is 18.2 Å². The Morgan fingerprint density at radius 1 is 1.00 bits per heavy atom. The molecular weight excluding hydrogens is 268 g/mol. The fraction of sp³-hybridized carbons (Fsp3) is 0.294. The molecule has 112 valence electrons. The quantitative estimate of drug-likeness (QED) is 0.822. The third-order valence-corrected chi connectivity index (χ3v) is 3.06. The number of aliphatic hydroxyl groups excluding tert-OH is 2. The fourth-order valence-corrected chi connectivity index (χ4v) is 1.96. The van der Waals surface area contributed by atoms with Crippen LogP contribution >= 0.6 is 0 Å². The number of benzene rings is 2. The average molecular weight is 288 g/mol. The zero-order valence-corrected chi connectivity index (χ0v) is 12.0. The fourth-order valence-electron chi connectivity index (χ4n) is 1.96. The maximum Gasteiger partial charge on any atom is 0.161 e. The lowest BCUT2D eigenvalue weighted by Gasteiger charge is -2.15. The molecule has 2 aromatic carbocycles. The number of hydrogen-bond acceptors (Lipinski definition) is 4. The van der Waals surface area contributed by atoms with Crippen molar-refractivity contribution in [2.24, 2.45) is 0 Å². The lowest BCUT2D eigenvalue weighted by atomic mass is 10.1. The molecule has 21 heavy (non-hydrogen) atoms. The van der Waals surface area contributed by atoms with E-state index in [0.717, 1.165) is 5.56 Å². The van der Waals surface area contributed by atoms with E-state index in [0.29, 0.717) is 30.3 Å². The molecule has 0 amide bonds. The van der Waals surface area contributed by atoms with Crippen LogP contribution in [0.5, 0.6) is 11.5 Å². The molecule has 1 unspecified atom stereocenters. The second-order valence-electron chi connectivity index (χ2n) is 4.61. The van der Waals surface area contributed by atoms with E-state index in [2.05, 4.69) is 0 Å². The number of hydrogen-bond donors (Lipinski definition) is 2. The highest BCUT2D eigenvalue weighted by molar-refractivity contribution is 5.43. The third-order valence-electron chi connectivity index (χ3n) is 3.06. The second kappa shape index (κ2) is 7.67. The van der Waals surface area contributed by atoms with Crippen LogP contribution in [-0.2, 0) is 6.61 Å². The van der Waals surface area contributed by atoms with E-state index >= 15 is 0 Å². The molecule has 0 radical (unpaired) electrons. The summed E-state index contributed by atoms with van der Waals surface area (Å²) in [6, 6.07) is 15.0. The Morgan fingerprint density at radius 2 is 1.76 bits per heavy atom. The standard InChI is InChI=1S/C17H20O4/c1-2-20-17-10-14(15(19)11-18)8-9-16(17)21-12-13-6-4-3-5-7-13/h3-10,15,18-19H,2,11-12H2,1H3. The van der Waals surface area contributed by atoms with E-state index < -0.39 is 6.10 Å². The predicted octanol–water partition coefficient (Wildman–Crippen LogP) is 2.69. The summed E-state index contributed by atoms with van der Waals surface area (Å²) in [6.45, 7) is 2.51. The van der Waals surface area contributed by atoms with Gasteiger partial charge in [-0.2, -0.15) is 0 Å². The summed E-state index contributed by atoms with van der Waals surface area (Å²) >= 11 is 0. The van der Waals surface area contributed by atoms with Crippen LogP contribution in [0, 0.1) is 0 Å². The first-order chi connectivity index (χ1) is 10.2. The van der Waals surface area contributed by atoms with Crippen LogP contribution in [-0.4, -0.2) is 23.4 Å². The molecule has 2 aromatic rings. The minimum atomic E-state index is -0.910. The van der Waals surface area contributed by atoms with Crippen LogP contribution < -0.4 is 9.47 Å². The van der Waals surface area contributed by atoms with Crippen LogP contribution in [0.15, 0.2) is 48.5 Å². The van der Waals surface area contributed by atoms with Gasteiger partial charge in [-0.15, -0.1) is 0 Å². The van der Waals surface area contributed by atoms with Crippen molar-refractivity contribution in [3.8, 4) is 11.5 Å². The van der Waals surface area contributed by atoms with Gasteiger partial charge in [0.25, 0.3) is 0 Å². The lowest BCUT2D eigenvalue weighted by Crippen LogP contribution is -2.05. The monoisotopic (exact) mass is 288 g/mol. The molecule has 0 aliphatic rings. The van der Waals surface area contributed by atoms with Crippen LogP contribution in [0.2, 0.25) is 0 Å². The molecule has 1 atom stereocenters. The Labute approximate surface area is 124 Å². The summed E-state index contributed by atoms with van der Waals surface area (Å²) in [6.07, 6.45) is -0.910. The summed E-state index contributed by atoms with van der Waals surface area (Å²) < 4.78 is 11.3. The van der Waals surface area contributed by atoms with Crippen molar-refractivity contribution >= 4 is 0 Å². The minimum absolute atomic E-state index is 0.324. The highest BCUT2D eigenvalue weighted by Gasteiger charge is 2.11. The minimum Gasteiger partial charge on any atom is -0.490 e. The largest absolute Gasteiger partial charge is 0.490 e. The van der Waals surface area contributed by atoms with Crippen LogP contribution in [0.1, 0.15) is 24.2 Å². The van der Waals surface area contributed by atoms with Gasteiger partial charge in [0.1, 0.15) is 12.7 Å². The molecule has 4 heteroatoms. The SMILES string of the molecule is CCOc1cc(C(O)CO)ccc1OCc1ccccc1. The Bertz CT molecular complexity index is 554. The summed E-state index contributed by atoms with van der Waals surface area (Å²) in [5.74, 6) is 1.19. The van der Waals surface area contributed by atoms with E-state index in [4.69, 9.17) is 14.6 Å². The summed E-state index contributed by atoms with van der Waals surface area (Å²) in [7, 11) is 0. The smallest absolute Gasteiger partial charge is 0.161 e. The molecule has 4 nitrogen and oxygen atoms in total. The van der Waals surface area contributed by atoms with Crippen molar-refractivity contribution in [2.45, 2.75) is 19.6 Å². The van der Waals surface area contributed by atoms with Crippen LogP contribution in [0.4, 0.5) is 0 Å². The molecule has 0 bridgehead atoms. The van der Waals surface area contributed by atoms with Crippen LogP contribution in [0.25, 0.3) is 0 Å². The first-order valence-electron chi connectivity index (χ1n) is 6.97. The summed E-state index contributed by atoms with van der Waals surface area (Å²) in [5.41, 5.74) is 1.67. The van der Waals surface area contributed by atoms with E-state index in [1.165, 1.54) is 0 Å². The van der Waals surface area contributed by atoms with E-state index in [9.17, 15) is 5.11 Å². The maximum atomic E-state index is 9.67. The van der Waals surface area contributed by atoms with Gasteiger partial charge in [0.05, 0.1) is 13.2 Å². The summed E-state index contributed by atoms with van der Waals surface area (Å²) in [4.78, 5) is 0. The maximum absolute atomic E-state index is 9.67. The molecule has 0 saturated carbocycles. The zero-order chi connectivity index (χ0) is 15.1. The Morgan fingerprint density at radius 3 is 2.43 bits per heavy atom. The molecule has 0 aliphatic carbocycles. The van der Waals surface area contributed by atoms with Gasteiger partial charge < -0.3 is 19.7 Å². The van der Waals surface area contributed by atoms with Gasteiger partial charge in [-0.25, -0.2) is 0 Å². The lowest BCUT2D eigenvalue weighted by molar-refractivity contribution is 0.0952. The van der Waals surface area contributed by atoms with Crippen molar-refractivity contribution in [1.29, 1.82) is 0 Å². The van der Waals surface area contributed by atoms with E-state index in [1.807, 2.05) is 37.3 Å². The number of rotatable bonds is 7. The van der Waals surface area contributed by atoms with Gasteiger partial charge in [-0.1, -0.05) is 36.4 Å². The molecular formula is C17H20O4. The van der Waals surface area contributed by atoms with Gasteiger partial charge in [-0.05, 0) is 30.2 Å². The van der Waals surface area contributed by atoms with Gasteiger partial charge >= 0.3 is 0 Å². The summed E-state index contributed by atoms with van der Waals surface area (Å²) in [5, 5.41) is 18.7. The van der Waals surface area contributed by atoms with Gasteiger partial charge in [-0.3, -0.25) is 0 Å². The second-order valence-corrected chi connectivity index (χ2v) is 4.61. The van der Waals surface area contributed by atoms with E-state index in [-0.39, 0.29) is 6.61 Å². The van der Waals surface area contributed by atoms with Gasteiger partial charge in [0.2, 0.25) is 0 Å². The predicted molar refractivity (Wildman–Crippen MR) is 80.4 cm³/mol. The van der Waals surface area contributed by atoms with Crippen molar-refractivity contribution in [2.75, 3.05) is 13.2 Å². The first-order valence-corrected chi connectivity index (χ1v) is 6.97. The number of ether oxygens (including phenoxy) is 2. The number of aliphatic hydroxyl groups is 2. The van der Waals surface area contributed by atoms with Crippen molar-refractivity contribution in [3.63, 3.8) is 0 Å². The van der Waals surface area contributed by atoms with Crippen molar-refractivity contribution < 1.29 is 19.7 Å². The molecule has 0 fully saturated rings. The molecule has 0 saturated heterocycles. The third kappa shape index (κ3) is 4.21. The zero-order valence-electron chi connectivity index (χ0n) is 12.0. The Balaban J connectivity index is 2.14. The Kier molecular flexibility index (Phi) is 5.60. The Hall–Kier alpha value is -2.04. The molecule has 0 heterocycles. The van der Waals surface area contributed by atoms with Crippen molar-refractivity contribution in [3.05, 3.63) is 59.7 Å². The highest BCUT2D eigenvalue weighted by atomic mass is 16.5. The topological polar surface area (TPSA) is 58.9 Å². The van der Waals surface area contributed by atoms with Gasteiger partial charge in [0.15, 0.2) is 11.5 Å². The normalized spacial score (nSPS) is 12.0. The molecule has 0 aliphatic heterocycles. The first kappa shape index (κ1) is 15.4. The van der Waals surface area contributed by atoms with Crippen molar-refractivity contribution in [1.82, 2.24) is 0 Å². The van der Waals surface area contributed by atoms with Gasteiger partial charge in [0, 0.05) is 0 Å². The molecule has 0 spiro atoms. The molecule has 2 N–H and O–H groups in total. The van der Waals surface area contributed by atoms with Crippen LogP contribution in [0.3, 0.4) is 0 Å². The molecule has 2 rings (SSSR count). The average Bonchev–Trinajstić information content (AvgIpc) is 2.54. The highest BCUT2D eigenvalue weighted by Crippen LogP contribution is 2.31.